The third-order valence-electron chi connectivity index (χ3n) is 3.79. The molecule has 1 saturated heterocycles. The summed E-state index contributed by atoms with van der Waals surface area (Å²) in [5, 5.41) is 0.748. The molecule has 1 aromatic carbocycles. The molecule has 5 heteroatoms. The number of methoxy groups -OCH3 is 1. The molecule has 0 bridgehead atoms. The van der Waals surface area contributed by atoms with E-state index in [-0.39, 0.29) is 5.76 Å². The number of rotatable bonds is 4. The van der Waals surface area contributed by atoms with Crippen LogP contribution in [0.4, 0.5) is 0 Å². The first-order valence-corrected chi connectivity index (χ1v) is 7.21. The smallest absolute Gasteiger partial charge is 0.373 e. The monoisotopic (exact) mass is 305 g/mol. The van der Waals surface area contributed by atoms with Gasteiger partial charge >= 0.3 is 5.97 Å². The summed E-state index contributed by atoms with van der Waals surface area (Å²) in [5.41, 5.74) is 1.25. The molecule has 1 unspecified atom stereocenters. The predicted molar refractivity (Wildman–Crippen MR) is 79.3 cm³/mol. The number of likely N-dealkylation sites (tertiary alicyclic amines) is 1. The highest BCUT2D eigenvalue weighted by molar-refractivity contribution is 6.30. The maximum absolute atomic E-state index is 11.4. The predicted octanol–water partition coefficient (Wildman–Crippen LogP) is 3.67. The van der Waals surface area contributed by atoms with Crippen LogP contribution in [-0.2, 0) is 11.3 Å². The average Bonchev–Trinajstić information content (AvgIpc) is 2.94. The standard InChI is InChI=1S/C16H16ClNO3/c1-20-16(19)15-7-6-13(21-15)10-18-9-8-14(18)11-2-4-12(17)5-3-11/h2-7,14H,8-10H2,1H3. The third-order valence-corrected chi connectivity index (χ3v) is 4.04. The molecule has 1 atom stereocenters. The van der Waals surface area contributed by atoms with Gasteiger partial charge in [0.25, 0.3) is 0 Å². The van der Waals surface area contributed by atoms with E-state index in [0.717, 1.165) is 23.7 Å². The fraction of sp³-hybridized carbons (Fsp3) is 0.312. The lowest BCUT2D eigenvalue weighted by Gasteiger charge is -2.40. The minimum atomic E-state index is -0.445. The molecule has 0 aliphatic carbocycles. The Kier molecular flexibility index (Phi) is 3.99. The van der Waals surface area contributed by atoms with Gasteiger partial charge in [0.2, 0.25) is 5.76 Å². The lowest BCUT2D eigenvalue weighted by molar-refractivity contribution is 0.0543. The van der Waals surface area contributed by atoms with Crippen molar-refractivity contribution >= 4 is 17.6 Å². The Morgan fingerprint density at radius 3 is 2.71 bits per heavy atom. The Bertz CT molecular complexity index is 635. The van der Waals surface area contributed by atoms with E-state index in [4.69, 9.17) is 16.0 Å². The first-order chi connectivity index (χ1) is 10.2. The minimum absolute atomic E-state index is 0.246. The quantitative estimate of drug-likeness (QED) is 0.808. The molecule has 1 fully saturated rings. The van der Waals surface area contributed by atoms with Gasteiger partial charge in [-0.15, -0.1) is 0 Å². The zero-order valence-corrected chi connectivity index (χ0v) is 12.5. The first kappa shape index (κ1) is 14.2. The first-order valence-electron chi connectivity index (χ1n) is 6.84. The maximum Gasteiger partial charge on any atom is 0.373 e. The normalized spacial score (nSPS) is 18.3. The van der Waals surface area contributed by atoms with Gasteiger partial charge in [0.1, 0.15) is 5.76 Å². The summed E-state index contributed by atoms with van der Waals surface area (Å²) in [5.74, 6) is 0.573. The number of carbonyl (C=O) groups is 1. The Hall–Kier alpha value is -1.78. The van der Waals surface area contributed by atoms with Crippen molar-refractivity contribution in [2.45, 2.75) is 19.0 Å². The number of carbonyl (C=O) groups excluding carboxylic acids is 1. The summed E-state index contributed by atoms with van der Waals surface area (Å²) in [6, 6.07) is 11.8. The van der Waals surface area contributed by atoms with E-state index in [2.05, 4.69) is 21.8 Å². The Morgan fingerprint density at radius 2 is 2.10 bits per heavy atom. The largest absolute Gasteiger partial charge is 0.463 e. The molecular formula is C16H16ClNO3. The molecule has 2 heterocycles. The summed E-state index contributed by atoms with van der Waals surface area (Å²) in [4.78, 5) is 13.7. The van der Waals surface area contributed by atoms with Gasteiger partial charge in [0.15, 0.2) is 0 Å². The number of benzene rings is 1. The van der Waals surface area contributed by atoms with Crippen LogP contribution >= 0.6 is 11.6 Å². The Labute approximate surface area is 128 Å². The zero-order valence-electron chi connectivity index (χ0n) is 11.7. The summed E-state index contributed by atoms with van der Waals surface area (Å²) in [7, 11) is 1.34. The van der Waals surface area contributed by atoms with Crippen LogP contribution in [0.2, 0.25) is 5.02 Å². The molecule has 21 heavy (non-hydrogen) atoms. The van der Waals surface area contributed by atoms with Crippen molar-refractivity contribution in [3.63, 3.8) is 0 Å². The van der Waals surface area contributed by atoms with Crippen LogP contribution in [0.25, 0.3) is 0 Å². The molecule has 1 aromatic heterocycles. The number of ether oxygens (including phenoxy) is 1. The molecule has 0 N–H and O–H groups in total. The summed E-state index contributed by atoms with van der Waals surface area (Å²) < 4.78 is 10.1. The molecule has 0 spiro atoms. The van der Waals surface area contributed by atoms with Crippen LogP contribution in [0.1, 0.15) is 34.3 Å². The van der Waals surface area contributed by atoms with Crippen LogP contribution in [0.3, 0.4) is 0 Å². The number of halogens is 1. The highest BCUT2D eigenvalue weighted by atomic mass is 35.5. The fourth-order valence-electron chi connectivity index (χ4n) is 2.57. The molecule has 0 radical (unpaired) electrons. The Balaban J connectivity index is 1.66. The van der Waals surface area contributed by atoms with Crippen molar-refractivity contribution in [3.05, 3.63) is 58.5 Å². The molecule has 3 rings (SSSR count). The summed E-state index contributed by atoms with van der Waals surface area (Å²) >= 11 is 5.92. The zero-order chi connectivity index (χ0) is 14.8. The SMILES string of the molecule is COC(=O)c1ccc(CN2CCC2c2ccc(Cl)cc2)o1. The van der Waals surface area contributed by atoms with E-state index in [1.807, 2.05) is 18.2 Å². The molecule has 1 aliphatic rings. The van der Waals surface area contributed by atoms with Gasteiger partial charge < -0.3 is 9.15 Å². The second kappa shape index (κ2) is 5.92. The van der Waals surface area contributed by atoms with Crippen molar-refractivity contribution in [2.75, 3.05) is 13.7 Å². The van der Waals surface area contributed by atoms with Crippen molar-refractivity contribution in [1.29, 1.82) is 0 Å². The van der Waals surface area contributed by atoms with E-state index in [1.54, 1.807) is 6.07 Å². The minimum Gasteiger partial charge on any atom is -0.463 e. The van der Waals surface area contributed by atoms with Crippen molar-refractivity contribution in [2.24, 2.45) is 0 Å². The van der Waals surface area contributed by atoms with Crippen molar-refractivity contribution < 1.29 is 13.9 Å². The van der Waals surface area contributed by atoms with Crippen LogP contribution in [-0.4, -0.2) is 24.5 Å². The van der Waals surface area contributed by atoms with Crippen LogP contribution in [0, 0.1) is 0 Å². The molecule has 0 saturated carbocycles. The van der Waals surface area contributed by atoms with Gasteiger partial charge in [0, 0.05) is 17.6 Å². The van der Waals surface area contributed by atoms with Crippen molar-refractivity contribution in [1.82, 2.24) is 4.90 Å². The molecule has 1 aliphatic heterocycles. The number of esters is 1. The van der Waals surface area contributed by atoms with Gasteiger partial charge in [-0.05, 0) is 36.2 Å². The summed E-state index contributed by atoms with van der Waals surface area (Å²) in [6.07, 6.45) is 1.12. The van der Waals surface area contributed by atoms with Crippen LogP contribution < -0.4 is 0 Å². The highest BCUT2D eigenvalue weighted by Crippen LogP contribution is 2.35. The van der Waals surface area contributed by atoms with Gasteiger partial charge in [-0.25, -0.2) is 4.79 Å². The molecular weight excluding hydrogens is 290 g/mol. The lowest BCUT2D eigenvalue weighted by Crippen LogP contribution is -2.40. The second-order valence-electron chi connectivity index (χ2n) is 5.08. The van der Waals surface area contributed by atoms with E-state index >= 15 is 0 Å². The van der Waals surface area contributed by atoms with Gasteiger partial charge in [0.05, 0.1) is 13.7 Å². The van der Waals surface area contributed by atoms with Gasteiger partial charge in [-0.1, -0.05) is 23.7 Å². The summed E-state index contributed by atoms with van der Waals surface area (Å²) in [6.45, 7) is 1.70. The molecule has 110 valence electrons. The van der Waals surface area contributed by atoms with Crippen LogP contribution in [0.5, 0.6) is 0 Å². The average molecular weight is 306 g/mol. The topological polar surface area (TPSA) is 42.7 Å². The number of furan rings is 1. The van der Waals surface area contributed by atoms with E-state index in [0.29, 0.717) is 12.6 Å². The Morgan fingerprint density at radius 1 is 1.33 bits per heavy atom. The molecule has 4 nitrogen and oxygen atoms in total. The number of hydrogen-bond donors (Lipinski definition) is 0. The third kappa shape index (κ3) is 2.96. The molecule has 2 aromatic rings. The fourth-order valence-corrected chi connectivity index (χ4v) is 2.69. The molecule has 0 amide bonds. The van der Waals surface area contributed by atoms with Crippen molar-refractivity contribution in [3.8, 4) is 0 Å². The lowest BCUT2D eigenvalue weighted by atomic mass is 9.95. The number of nitrogens with zero attached hydrogens (tertiary/aromatic N) is 1. The van der Waals surface area contributed by atoms with E-state index in [9.17, 15) is 4.79 Å². The van der Waals surface area contributed by atoms with Gasteiger partial charge in [-0.2, -0.15) is 0 Å². The van der Waals surface area contributed by atoms with Gasteiger partial charge in [-0.3, -0.25) is 4.90 Å². The second-order valence-corrected chi connectivity index (χ2v) is 5.52. The van der Waals surface area contributed by atoms with Crippen LogP contribution in [0.15, 0.2) is 40.8 Å². The highest BCUT2D eigenvalue weighted by Gasteiger charge is 2.30. The number of hydrogen-bond acceptors (Lipinski definition) is 4. The maximum atomic E-state index is 11.4. The van der Waals surface area contributed by atoms with E-state index < -0.39 is 5.97 Å². The van der Waals surface area contributed by atoms with E-state index in [1.165, 1.54) is 12.7 Å².